The zero-order chi connectivity index (χ0) is 13.8. The molecule has 3 aromatic rings. The molecule has 0 aliphatic rings. The molecule has 1 N–H and O–H groups in total. The summed E-state index contributed by atoms with van der Waals surface area (Å²) in [6.45, 7) is -0.0467. The normalized spacial score (nSPS) is 10.4. The van der Waals surface area contributed by atoms with E-state index in [4.69, 9.17) is 0 Å². The highest BCUT2D eigenvalue weighted by atomic mass is 16.3. The van der Waals surface area contributed by atoms with Gasteiger partial charge in [-0.05, 0) is 11.6 Å². The molecule has 1 aromatic heterocycles. The van der Waals surface area contributed by atoms with Gasteiger partial charge in [-0.25, -0.2) is 4.98 Å². The van der Waals surface area contributed by atoms with E-state index in [1.165, 1.54) is 0 Å². The van der Waals surface area contributed by atoms with Gasteiger partial charge in [-0.15, -0.1) is 0 Å². The van der Waals surface area contributed by atoms with Gasteiger partial charge in [-0.2, -0.15) is 0 Å². The van der Waals surface area contributed by atoms with Crippen LogP contribution in [0.1, 0.15) is 5.69 Å². The molecule has 2 aromatic carbocycles. The lowest BCUT2D eigenvalue weighted by Gasteiger charge is -2.10. The van der Waals surface area contributed by atoms with Gasteiger partial charge in [0.05, 0.1) is 18.0 Å². The van der Waals surface area contributed by atoms with Crippen LogP contribution in [0.15, 0.2) is 72.8 Å². The Labute approximate surface area is 118 Å². The predicted octanol–water partition coefficient (Wildman–Crippen LogP) is 3.91. The Hall–Kier alpha value is -2.45. The van der Waals surface area contributed by atoms with Crippen LogP contribution in [0.5, 0.6) is 0 Å². The molecule has 0 aliphatic heterocycles. The summed E-state index contributed by atoms with van der Waals surface area (Å²) >= 11 is 0. The van der Waals surface area contributed by atoms with Crippen molar-refractivity contribution in [2.24, 2.45) is 0 Å². The maximum Gasteiger partial charge on any atom is 0.0853 e. The molecule has 0 saturated heterocycles. The highest BCUT2D eigenvalue weighted by Gasteiger charge is 2.09. The van der Waals surface area contributed by atoms with E-state index in [1.807, 2.05) is 60.7 Å². The van der Waals surface area contributed by atoms with E-state index in [0.717, 1.165) is 22.4 Å². The average Bonchev–Trinajstić information content (AvgIpc) is 2.56. The largest absolute Gasteiger partial charge is 0.390 e. The van der Waals surface area contributed by atoms with E-state index in [9.17, 15) is 5.11 Å². The third-order valence-corrected chi connectivity index (χ3v) is 3.25. The lowest BCUT2D eigenvalue weighted by Crippen LogP contribution is -1.95. The molecule has 0 bridgehead atoms. The summed E-state index contributed by atoms with van der Waals surface area (Å²) in [5, 5.41) is 9.31. The summed E-state index contributed by atoms with van der Waals surface area (Å²) in [4.78, 5) is 4.59. The molecular weight excluding hydrogens is 246 g/mol. The number of aromatic nitrogens is 1. The predicted molar refractivity (Wildman–Crippen MR) is 81.0 cm³/mol. The van der Waals surface area contributed by atoms with Crippen LogP contribution in [-0.2, 0) is 6.61 Å². The molecule has 98 valence electrons. The van der Waals surface area contributed by atoms with E-state index in [1.54, 1.807) is 0 Å². The number of aliphatic hydroxyl groups is 1. The molecule has 2 nitrogen and oxygen atoms in total. The van der Waals surface area contributed by atoms with Gasteiger partial charge >= 0.3 is 0 Å². The highest BCUT2D eigenvalue weighted by Crippen LogP contribution is 2.30. The fraction of sp³-hybridized carbons (Fsp3) is 0.0556. The summed E-state index contributed by atoms with van der Waals surface area (Å²) in [6.07, 6.45) is 0. The molecule has 20 heavy (non-hydrogen) atoms. The zero-order valence-corrected chi connectivity index (χ0v) is 11.0. The second kappa shape index (κ2) is 5.68. The van der Waals surface area contributed by atoms with E-state index in [-0.39, 0.29) is 6.61 Å². The average molecular weight is 261 g/mol. The molecule has 0 fully saturated rings. The lowest BCUT2D eigenvalue weighted by atomic mass is 9.99. The maximum atomic E-state index is 9.31. The van der Waals surface area contributed by atoms with Gasteiger partial charge in [-0.3, -0.25) is 0 Å². The number of nitrogens with zero attached hydrogens (tertiary/aromatic N) is 1. The monoisotopic (exact) mass is 261 g/mol. The number of hydrogen-bond donors (Lipinski definition) is 1. The first kappa shape index (κ1) is 12.6. The van der Waals surface area contributed by atoms with E-state index >= 15 is 0 Å². The third-order valence-electron chi connectivity index (χ3n) is 3.25. The summed E-state index contributed by atoms with van der Waals surface area (Å²) < 4.78 is 0. The molecule has 3 rings (SSSR count). The standard InChI is InChI=1S/C18H15NO/c20-13-16-11-12-17(14-7-3-1-4-8-14)18(19-16)15-9-5-2-6-10-15/h1-12,20H,13H2. The van der Waals surface area contributed by atoms with Crippen LogP contribution >= 0.6 is 0 Å². The smallest absolute Gasteiger partial charge is 0.0853 e. The van der Waals surface area contributed by atoms with Gasteiger partial charge in [0, 0.05) is 11.1 Å². The molecule has 0 spiro atoms. The Kier molecular flexibility index (Phi) is 3.57. The van der Waals surface area contributed by atoms with Gasteiger partial charge in [0.25, 0.3) is 0 Å². The van der Waals surface area contributed by atoms with Crippen LogP contribution in [-0.4, -0.2) is 10.1 Å². The minimum Gasteiger partial charge on any atom is -0.390 e. The summed E-state index contributed by atoms with van der Waals surface area (Å²) in [7, 11) is 0. The highest BCUT2D eigenvalue weighted by molar-refractivity contribution is 5.80. The van der Waals surface area contributed by atoms with E-state index in [0.29, 0.717) is 5.69 Å². The Morgan fingerprint density at radius 3 is 1.90 bits per heavy atom. The SMILES string of the molecule is OCc1ccc(-c2ccccc2)c(-c2ccccc2)n1. The van der Waals surface area contributed by atoms with Crippen LogP contribution in [0.2, 0.25) is 0 Å². The number of aliphatic hydroxyl groups excluding tert-OH is 1. The van der Waals surface area contributed by atoms with Crippen molar-refractivity contribution in [2.45, 2.75) is 6.61 Å². The first-order valence-electron chi connectivity index (χ1n) is 6.60. The van der Waals surface area contributed by atoms with Crippen molar-refractivity contribution in [3.8, 4) is 22.4 Å². The molecule has 0 radical (unpaired) electrons. The fourth-order valence-electron chi connectivity index (χ4n) is 2.25. The number of pyridine rings is 1. The second-order valence-electron chi connectivity index (χ2n) is 4.59. The van der Waals surface area contributed by atoms with Crippen LogP contribution in [0.3, 0.4) is 0 Å². The summed E-state index contributed by atoms with van der Waals surface area (Å²) in [5.74, 6) is 0. The quantitative estimate of drug-likeness (QED) is 0.775. The van der Waals surface area contributed by atoms with Crippen molar-refractivity contribution in [1.29, 1.82) is 0 Å². The van der Waals surface area contributed by atoms with Gasteiger partial charge in [0.15, 0.2) is 0 Å². The Morgan fingerprint density at radius 2 is 1.30 bits per heavy atom. The summed E-state index contributed by atoms with van der Waals surface area (Å²) in [5.41, 5.74) is 4.85. The van der Waals surface area contributed by atoms with Gasteiger partial charge in [0.2, 0.25) is 0 Å². The number of benzene rings is 2. The number of rotatable bonds is 3. The fourth-order valence-corrected chi connectivity index (χ4v) is 2.25. The van der Waals surface area contributed by atoms with Crippen molar-refractivity contribution in [2.75, 3.05) is 0 Å². The maximum absolute atomic E-state index is 9.31. The van der Waals surface area contributed by atoms with Gasteiger partial charge in [-0.1, -0.05) is 66.7 Å². The first-order chi connectivity index (χ1) is 9.88. The van der Waals surface area contributed by atoms with Gasteiger partial charge < -0.3 is 5.11 Å². The van der Waals surface area contributed by atoms with Crippen LogP contribution in [0, 0.1) is 0 Å². The van der Waals surface area contributed by atoms with Crippen LogP contribution in [0.25, 0.3) is 22.4 Å². The molecule has 0 amide bonds. The Balaban J connectivity index is 2.20. The van der Waals surface area contributed by atoms with Crippen molar-refractivity contribution in [3.63, 3.8) is 0 Å². The Bertz CT molecular complexity index is 693. The molecule has 2 heteroatoms. The second-order valence-corrected chi connectivity index (χ2v) is 4.59. The Morgan fingerprint density at radius 1 is 0.700 bits per heavy atom. The van der Waals surface area contributed by atoms with Crippen molar-refractivity contribution >= 4 is 0 Å². The van der Waals surface area contributed by atoms with Crippen molar-refractivity contribution in [1.82, 2.24) is 4.98 Å². The lowest BCUT2D eigenvalue weighted by molar-refractivity contribution is 0.277. The molecule has 1 heterocycles. The first-order valence-corrected chi connectivity index (χ1v) is 6.60. The van der Waals surface area contributed by atoms with Crippen LogP contribution < -0.4 is 0 Å². The minimum absolute atomic E-state index is 0.0467. The molecule has 0 saturated carbocycles. The van der Waals surface area contributed by atoms with E-state index < -0.39 is 0 Å². The summed E-state index contributed by atoms with van der Waals surface area (Å²) in [6, 6.07) is 24.1. The topological polar surface area (TPSA) is 33.1 Å². The molecule has 0 unspecified atom stereocenters. The minimum atomic E-state index is -0.0467. The van der Waals surface area contributed by atoms with Crippen LogP contribution in [0.4, 0.5) is 0 Å². The molecule has 0 atom stereocenters. The van der Waals surface area contributed by atoms with Gasteiger partial charge in [0.1, 0.15) is 0 Å². The van der Waals surface area contributed by atoms with Crippen molar-refractivity contribution < 1.29 is 5.11 Å². The third kappa shape index (κ3) is 2.46. The molecule has 0 aliphatic carbocycles. The van der Waals surface area contributed by atoms with Crippen molar-refractivity contribution in [3.05, 3.63) is 78.5 Å². The van der Waals surface area contributed by atoms with E-state index in [2.05, 4.69) is 17.1 Å². The number of hydrogen-bond acceptors (Lipinski definition) is 2. The zero-order valence-electron chi connectivity index (χ0n) is 11.0. The molecular formula is C18H15NO.